The van der Waals surface area contributed by atoms with Crippen molar-refractivity contribution < 1.29 is 4.79 Å². The van der Waals surface area contributed by atoms with Gasteiger partial charge in [0.15, 0.2) is 0 Å². The molecule has 2 N–H and O–H groups in total. The second-order valence-corrected chi connectivity index (χ2v) is 6.76. The Labute approximate surface area is 123 Å². The number of rotatable bonds is 5. The van der Waals surface area contributed by atoms with Gasteiger partial charge in [0.25, 0.3) is 0 Å². The van der Waals surface area contributed by atoms with Crippen LogP contribution in [0.5, 0.6) is 0 Å². The zero-order chi connectivity index (χ0) is 13.8. The van der Waals surface area contributed by atoms with Crippen molar-refractivity contribution in [2.45, 2.75) is 25.4 Å². The first-order chi connectivity index (χ1) is 9.10. The number of hydrogen-bond donors (Lipinski definition) is 1. The molecule has 1 atom stereocenters. The van der Waals surface area contributed by atoms with Gasteiger partial charge in [0.2, 0.25) is 5.91 Å². The van der Waals surface area contributed by atoms with Crippen molar-refractivity contribution in [1.29, 1.82) is 0 Å². The molecule has 1 amide bonds. The molecule has 1 saturated heterocycles. The molecule has 0 aromatic carbocycles. The molecule has 0 spiro atoms. The van der Waals surface area contributed by atoms with Gasteiger partial charge in [0, 0.05) is 24.5 Å². The lowest BCUT2D eigenvalue weighted by molar-refractivity contribution is -0.131. The molecule has 6 heteroatoms. The van der Waals surface area contributed by atoms with E-state index in [1.54, 1.807) is 4.90 Å². The highest BCUT2D eigenvalue weighted by Gasteiger charge is 2.26. The third-order valence-electron chi connectivity index (χ3n) is 3.56. The van der Waals surface area contributed by atoms with E-state index in [1.807, 2.05) is 19.2 Å². The van der Waals surface area contributed by atoms with Gasteiger partial charge in [-0.25, -0.2) is 0 Å². The minimum absolute atomic E-state index is 0.143. The molecule has 0 radical (unpaired) electrons. The van der Waals surface area contributed by atoms with Crippen LogP contribution in [0.25, 0.3) is 0 Å². The highest BCUT2D eigenvalue weighted by Crippen LogP contribution is 2.22. The lowest BCUT2D eigenvalue weighted by Gasteiger charge is -2.25. The number of thiophene rings is 1. The Kier molecular flexibility index (Phi) is 5.21. The highest BCUT2D eigenvalue weighted by atomic mass is 35.5. The molecule has 0 aliphatic carbocycles. The van der Waals surface area contributed by atoms with E-state index in [-0.39, 0.29) is 5.91 Å². The van der Waals surface area contributed by atoms with Crippen LogP contribution in [0.3, 0.4) is 0 Å². The van der Waals surface area contributed by atoms with Crippen LogP contribution in [0.4, 0.5) is 0 Å². The lowest BCUT2D eigenvalue weighted by Crippen LogP contribution is -2.42. The van der Waals surface area contributed by atoms with Crippen molar-refractivity contribution in [2.75, 3.05) is 26.7 Å². The number of carbonyl (C=O) groups excluding carboxylic acids is 1. The summed E-state index contributed by atoms with van der Waals surface area (Å²) in [5.74, 6) is 0.143. The third kappa shape index (κ3) is 3.92. The first-order valence-corrected chi connectivity index (χ1v) is 7.72. The summed E-state index contributed by atoms with van der Waals surface area (Å²) in [4.78, 5) is 17.2. The maximum absolute atomic E-state index is 12.2. The average molecular weight is 302 g/mol. The Hall–Kier alpha value is -0.620. The summed E-state index contributed by atoms with van der Waals surface area (Å²) in [6.45, 7) is 2.71. The van der Waals surface area contributed by atoms with E-state index in [1.165, 1.54) is 11.3 Å². The van der Waals surface area contributed by atoms with Crippen LogP contribution in [-0.2, 0) is 11.3 Å². The summed E-state index contributed by atoms with van der Waals surface area (Å²) in [6, 6.07) is 4.20. The molecule has 106 valence electrons. The van der Waals surface area contributed by atoms with Crippen molar-refractivity contribution in [3.8, 4) is 0 Å². The Morgan fingerprint density at radius 3 is 3.05 bits per heavy atom. The molecule has 2 heterocycles. The standard InChI is InChI=1S/C13H20ClN3OS/c1-16(8-11-4-5-12(14)19-11)13(18)9-17-6-2-3-10(17)7-15/h4-5,10H,2-3,6-9,15H2,1H3. The molecule has 1 unspecified atom stereocenters. The van der Waals surface area contributed by atoms with E-state index in [0.717, 1.165) is 28.6 Å². The molecule has 19 heavy (non-hydrogen) atoms. The minimum atomic E-state index is 0.143. The van der Waals surface area contributed by atoms with Gasteiger partial charge in [-0.15, -0.1) is 11.3 Å². The van der Waals surface area contributed by atoms with Crippen molar-refractivity contribution in [3.05, 3.63) is 21.3 Å². The van der Waals surface area contributed by atoms with Gasteiger partial charge < -0.3 is 10.6 Å². The van der Waals surface area contributed by atoms with Gasteiger partial charge in [-0.05, 0) is 31.5 Å². The number of likely N-dealkylation sites (N-methyl/N-ethyl adjacent to an activating group) is 1. The Morgan fingerprint density at radius 1 is 1.63 bits per heavy atom. The first kappa shape index (κ1) is 14.8. The third-order valence-corrected chi connectivity index (χ3v) is 4.77. The quantitative estimate of drug-likeness (QED) is 0.902. The summed E-state index contributed by atoms with van der Waals surface area (Å²) in [5, 5.41) is 0. The van der Waals surface area contributed by atoms with Crippen LogP contribution in [0, 0.1) is 0 Å². The second-order valence-electron chi connectivity index (χ2n) is 4.96. The number of halogens is 1. The summed E-state index contributed by atoms with van der Waals surface area (Å²) >= 11 is 7.41. The molecule has 1 aromatic heterocycles. The van der Waals surface area contributed by atoms with Crippen LogP contribution in [0.2, 0.25) is 4.34 Å². The Balaban J connectivity index is 1.85. The second kappa shape index (κ2) is 6.70. The number of hydrogen-bond acceptors (Lipinski definition) is 4. The van der Waals surface area contributed by atoms with E-state index < -0.39 is 0 Å². The molecule has 1 fully saturated rings. The fraction of sp³-hybridized carbons (Fsp3) is 0.615. The normalized spacial score (nSPS) is 19.8. The average Bonchev–Trinajstić information content (AvgIpc) is 2.98. The largest absolute Gasteiger partial charge is 0.340 e. The molecule has 1 aromatic rings. The van der Waals surface area contributed by atoms with Crippen LogP contribution >= 0.6 is 22.9 Å². The monoisotopic (exact) mass is 301 g/mol. The zero-order valence-electron chi connectivity index (χ0n) is 11.1. The van der Waals surface area contributed by atoms with E-state index in [4.69, 9.17) is 17.3 Å². The molecule has 1 aliphatic heterocycles. The van der Waals surface area contributed by atoms with Gasteiger partial charge in [-0.1, -0.05) is 11.6 Å². The summed E-state index contributed by atoms with van der Waals surface area (Å²) in [6.07, 6.45) is 2.24. The van der Waals surface area contributed by atoms with E-state index in [0.29, 0.717) is 25.7 Å². The van der Waals surface area contributed by atoms with Gasteiger partial charge in [-0.3, -0.25) is 9.69 Å². The topological polar surface area (TPSA) is 49.6 Å². The molecular formula is C13H20ClN3OS. The first-order valence-electron chi connectivity index (χ1n) is 6.52. The van der Waals surface area contributed by atoms with Crippen molar-refractivity contribution in [3.63, 3.8) is 0 Å². The fourth-order valence-electron chi connectivity index (χ4n) is 2.42. The highest BCUT2D eigenvalue weighted by molar-refractivity contribution is 7.16. The summed E-state index contributed by atoms with van der Waals surface area (Å²) in [5.41, 5.74) is 5.72. The number of carbonyl (C=O) groups is 1. The summed E-state index contributed by atoms with van der Waals surface area (Å²) in [7, 11) is 1.84. The summed E-state index contributed by atoms with van der Waals surface area (Å²) < 4.78 is 0.763. The molecule has 4 nitrogen and oxygen atoms in total. The van der Waals surface area contributed by atoms with Crippen LogP contribution in [0.1, 0.15) is 17.7 Å². The molecule has 1 aliphatic rings. The van der Waals surface area contributed by atoms with E-state index >= 15 is 0 Å². The van der Waals surface area contributed by atoms with Crippen LogP contribution in [-0.4, -0.2) is 48.4 Å². The van der Waals surface area contributed by atoms with E-state index in [9.17, 15) is 4.79 Å². The van der Waals surface area contributed by atoms with Gasteiger partial charge in [0.1, 0.15) is 0 Å². The van der Waals surface area contributed by atoms with Crippen LogP contribution < -0.4 is 5.73 Å². The predicted molar refractivity (Wildman–Crippen MR) is 79.5 cm³/mol. The Bertz CT molecular complexity index is 437. The van der Waals surface area contributed by atoms with Crippen molar-refractivity contribution in [2.24, 2.45) is 5.73 Å². The van der Waals surface area contributed by atoms with Crippen molar-refractivity contribution >= 4 is 28.8 Å². The zero-order valence-corrected chi connectivity index (χ0v) is 12.7. The molecular weight excluding hydrogens is 282 g/mol. The molecule has 2 rings (SSSR count). The van der Waals surface area contributed by atoms with Gasteiger partial charge in [-0.2, -0.15) is 0 Å². The number of nitrogens with zero attached hydrogens (tertiary/aromatic N) is 2. The van der Waals surface area contributed by atoms with Crippen LogP contribution in [0.15, 0.2) is 12.1 Å². The minimum Gasteiger partial charge on any atom is -0.340 e. The predicted octanol–water partition coefficient (Wildman–Crippen LogP) is 1.78. The molecule has 0 bridgehead atoms. The smallest absolute Gasteiger partial charge is 0.236 e. The Morgan fingerprint density at radius 2 is 2.42 bits per heavy atom. The maximum atomic E-state index is 12.2. The maximum Gasteiger partial charge on any atom is 0.236 e. The van der Waals surface area contributed by atoms with Gasteiger partial charge in [0.05, 0.1) is 17.4 Å². The van der Waals surface area contributed by atoms with E-state index in [2.05, 4.69) is 4.90 Å². The van der Waals surface area contributed by atoms with Gasteiger partial charge >= 0.3 is 0 Å². The number of nitrogens with two attached hydrogens (primary N) is 1. The fourth-order valence-corrected chi connectivity index (χ4v) is 3.56. The number of likely N-dealkylation sites (tertiary alicyclic amines) is 1. The lowest BCUT2D eigenvalue weighted by atomic mass is 10.2. The van der Waals surface area contributed by atoms with Crippen molar-refractivity contribution in [1.82, 2.24) is 9.80 Å². The number of amides is 1. The SMILES string of the molecule is CN(Cc1ccc(Cl)s1)C(=O)CN1CCCC1CN. The molecule has 0 saturated carbocycles.